The van der Waals surface area contributed by atoms with Gasteiger partial charge in [0, 0.05) is 14.5 Å². The molecule has 4 nitrogen and oxygen atoms in total. The maximum Gasteiger partial charge on any atom is 0.335 e. The van der Waals surface area contributed by atoms with E-state index in [0.29, 0.717) is 14.5 Å². The van der Waals surface area contributed by atoms with Crippen LogP contribution in [0.15, 0.2) is 27.1 Å². The first-order valence-corrected chi connectivity index (χ1v) is 5.56. The Morgan fingerprint density at radius 1 is 1.20 bits per heavy atom. The van der Waals surface area contributed by atoms with Gasteiger partial charge in [-0.15, -0.1) is 0 Å². The molecule has 15 heavy (non-hydrogen) atoms. The molecule has 0 aliphatic heterocycles. The van der Waals surface area contributed by atoms with Crippen LogP contribution < -0.4 is 0 Å². The molecule has 0 bridgehead atoms. The van der Waals surface area contributed by atoms with Gasteiger partial charge in [-0.05, 0) is 12.1 Å². The van der Waals surface area contributed by atoms with Gasteiger partial charge in [-0.25, -0.2) is 4.79 Å². The largest absolute Gasteiger partial charge is 0.479 e. The van der Waals surface area contributed by atoms with Crippen molar-refractivity contribution in [3.05, 3.63) is 32.7 Å². The highest BCUT2D eigenvalue weighted by Crippen LogP contribution is 2.32. The second kappa shape index (κ2) is 5.07. The third-order valence-corrected chi connectivity index (χ3v) is 3.23. The summed E-state index contributed by atoms with van der Waals surface area (Å²) < 4.78 is 1.06. The van der Waals surface area contributed by atoms with Crippen LogP contribution in [-0.4, -0.2) is 27.4 Å². The molecule has 3 N–H and O–H groups in total. The Labute approximate surface area is 103 Å². The van der Waals surface area contributed by atoms with Gasteiger partial charge in [0.2, 0.25) is 0 Å². The van der Waals surface area contributed by atoms with Crippen molar-refractivity contribution in [1.29, 1.82) is 0 Å². The van der Waals surface area contributed by atoms with Crippen molar-refractivity contribution >= 4 is 37.8 Å². The average Bonchev–Trinajstić information content (AvgIpc) is 2.15. The fraction of sp³-hybridized carbons (Fsp3) is 0.222. The fourth-order valence-electron chi connectivity index (χ4n) is 1.09. The van der Waals surface area contributed by atoms with Crippen LogP contribution in [-0.2, 0) is 4.79 Å². The Morgan fingerprint density at radius 2 is 1.67 bits per heavy atom. The molecule has 0 amide bonds. The van der Waals surface area contributed by atoms with Gasteiger partial charge in [-0.1, -0.05) is 37.9 Å². The average molecular weight is 340 g/mol. The van der Waals surface area contributed by atoms with Gasteiger partial charge in [0.25, 0.3) is 0 Å². The van der Waals surface area contributed by atoms with Crippen molar-refractivity contribution in [3.8, 4) is 0 Å². The SMILES string of the molecule is O=C(O)C(O)C(O)c1c(Br)cccc1Br. The van der Waals surface area contributed by atoms with Crippen LogP contribution in [0.2, 0.25) is 0 Å². The number of carboxylic acid groups (broad SMARTS) is 1. The van der Waals surface area contributed by atoms with E-state index in [-0.39, 0.29) is 0 Å². The minimum Gasteiger partial charge on any atom is -0.479 e. The molecule has 2 atom stereocenters. The summed E-state index contributed by atoms with van der Waals surface area (Å²) in [7, 11) is 0. The van der Waals surface area contributed by atoms with E-state index in [1.165, 1.54) is 0 Å². The third-order valence-electron chi connectivity index (χ3n) is 1.85. The smallest absolute Gasteiger partial charge is 0.335 e. The number of aliphatic carboxylic acids is 1. The van der Waals surface area contributed by atoms with E-state index in [2.05, 4.69) is 31.9 Å². The highest BCUT2D eigenvalue weighted by Gasteiger charge is 2.28. The minimum atomic E-state index is -1.85. The van der Waals surface area contributed by atoms with Crippen LogP contribution in [0.1, 0.15) is 11.7 Å². The number of aliphatic hydroxyl groups is 2. The van der Waals surface area contributed by atoms with Crippen molar-refractivity contribution in [3.63, 3.8) is 0 Å². The number of benzene rings is 1. The highest BCUT2D eigenvalue weighted by atomic mass is 79.9. The maximum atomic E-state index is 10.5. The fourth-order valence-corrected chi connectivity index (χ4v) is 2.55. The minimum absolute atomic E-state index is 0.312. The summed E-state index contributed by atoms with van der Waals surface area (Å²) in [5.41, 5.74) is 0.312. The van der Waals surface area contributed by atoms with Crippen molar-refractivity contribution < 1.29 is 20.1 Å². The number of carbonyl (C=O) groups is 1. The molecule has 6 heteroatoms. The molecule has 1 rings (SSSR count). The number of hydrogen-bond acceptors (Lipinski definition) is 3. The lowest BCUT2D eigenvalue weighted by atomic mass is 10.0. The molecule has 0 aliphatic carbocycles. The molecule has 0 saturated carbocycles. The van der Waals surface area contributed by atoms with Crippen LogP contribution >= 0.6 is 31.9 Å². The van der Waals surface area contributed by atoms with Gasteiger partial charge >= 0.3 is 5.97 Å². The molecule has 1 aromatic carbocycles. The molecule has 0 spiro atoms. The zero-order chi connectivity index (χ0) is 11.6. The Kier molecular flexibility index (Phi) is 4.27. The summed E-state index contributed by atoms with van der Waals surface area (Å²) in [4.78, 5) is 10.5. The molecule has 0 fully saturated rings. The summed E-state index contributed by atoms with van der Waals surface area (Å²) in [6, 6.07) is 5.02. The van der Waals surface area contributed by atoms with Gasteiger partial charge in [0.15, 0.2) is 6.10 Å². The topological polar surface area (TPSA) is 77.8 Å². The van der Waals surface area contributed by atoms with E-state index in [1.54, 1.807) is 18.2 Å². The number of halogens is 2. The standard InChI is InChI=1S/C9H8Br2O4/c10-4-2-1-3-5(11)6(4)7(12)8(13)9(14)15/h1-3,7-8,12-13H,(H,14,15). The number of hydrogen-bond donors (Lipinski definition) is 3. The Hall–Kier alpha value is -0.430. The Balaban J connectivity index is 3.10. The summed E-state index contributed by atoms with van der Waals surface area (Å²) >= 11 is 6.34. The molecule has 0 aromatic heterocycles. The summed E-state index contributed by atoms with van der Waals surface area (Å²) in [5, 5.41) is 27.4. The zero-order valence-electron chi connectivity index (χ0n) is 7.39. The van der Waals surface area contributed by atoms with Gasteiger partial charge in [0.1, 0.15) is 6.10 Å². The third kappa shape index (κ3) is 2.78. The van der Waals surface area contributed by atoms with Crippen LogP contribution in [0, 0.1) is 0 Å². The predicted molar refractivity (Wildman–Crippen MR) is 60.4 cm³/mol. The predicted octanol–water partition coefficient (Wildman–Crippen LogP) is 1.69. The van der Waals surface area contributed by atoms with E-state index in [4.69, 9.17) is 5.11 Å². The first-order valence-electron chi connectivity index (χ1n) is 3.98. The molecular weight excluding hydrogens is 332 g/mol. The second-order valence-electron chi connectivity index (χ2n) is 2.86. The van der Waals surface area contributed by atoms with Gasteiger partial charge < -0.3 is 15.3 Å². The number of aliphatic hydroxyl groups excluding tert-OH is 2. The van der Waals surface area contributed by atoms with Crippen molar-refractivity contribution in [1.82, 2.24) is 0 Å². The second-order valence-corrected chi connectivity index (χ2v) is 4.57. The molecule has 0 radical (unpaired) electrons. The summed E-state index contributed by atoms with van der Waals surface area (Å²) in [5.74, 6) is -1.47. The lowest BCUT2D eigenvalue weighted by Crippen LogP contribution is -2.27. The maximum absolute atomic E-state index is 10.5. The lowest BCUT2D eigenvalue weighted by molar-refractivity contribution is -0.153. The first kappa shape index (κ1) is 12.6. The molecule has 1 aromatic rings. The van der Waals surface area contributed by atoms with E-state index in [1.807, 2.05) is 0 Å². The summed E-state index contributed by atoms with van der Waals surface area (Å²) in [6.07, 6.45) is -3.33. The Morgan fingerprint density at radius 3 is 2.07 bits per heavy atom. The van der Waals surface area contributed by atoms with Gasteiger partial charge in [-0.3, -0.25) is 0 Å². The van der Waals surface area contributed by atoms with Gasteiger partial charge in [-0.2, -0.15) is 0 Å². The van der Waals surface area contributed by atoms with E-state index < -0.39 is 18.2 Å². The van der Waals surface area contributed by atoms with E-state index >= 15 is 0 Å². The van der Waals surface area contributed by atoms with Gasteiger partial charge in [0.05, 0.1) is 0 Å². The summed E-state index contributed by atoms with van der Waals surface area (Å²) in [6.45, 7) is 0. The van der Waals surface area contributed by atoms with Crippen molar-refractivity contribution in [2.75, 3.05) is 0 Å². The molecule has 0 heterocycles. The van der Waals surface area contributed by atoms with Crippen LogP contribution in [0.25, 0.3) is 0 Å². The normalized spacial score (nSPS) is 14.7. The van der Waals surface area contributed by atoms with Crippen molar-refractivity contribution in [2.24, 2.45) is 0 Å². The number of rotatable bonds is 3. The number of carboxylic acids is 1. The van der Waals surface area contributed by atoms with E-state index in [0.717, 1.165) is 0 Å². The highest BCUT2D eigenvalue weighted by molar-refractivity contribution is 9.11. The van der Waals surface area contributed by atoms with Crippen LogP contribution in [0.5, 0.6) is 0 Å². The molecule has 82 valence electrons. The van der Waals surface area contributed by atoms with E-state index in [9.17, 15) is 15.0 Å². The molecule has 0 saturated heterocycles. The van der Waals surface area contributed by atoms with Crippen LogP contribution in [0.3, 0.4) is 0 Å². The molecule has 2 unspecified atom stereocenters. The molecular formula is C9H8Br2O4. The Bertz CT molecular complexity index is 360. The first-order chi connectivity index (χ1) is 6.95. The van der Waals surface area contributed by atoms with Crippen molar-refractivity contribution in [2.45, 2.75) is 12.2 Å². The monoisotopic (exact) mass is 338 g/mol. The zero-order valence-corrected chi connectivity index (χ0v) is 10.6. The lowest BCUT2D eigenvalue weighted by Gasteiger charge is -2.17. The van der Waals surface area contributed by atoms with Crippen LogP contribution in [0.4, 0.5) is 0 Å². The molecule has 0 aliphatic rings. The quantitative estimate of drug-likeness (QED) is 0.783.